The third-order valence-corrected chi connectivity index (χ3v) is 2.00. The van der Waals surface area contributed by atoms with E-state index >= 15 is 0 Å². The van der Waals surface area contributed by atoms with Gasteiger partial charge >= 0.3 is 6.18 Å². The van der Waals surface area contributed by atoms with Gasteiger partial charge in [-0.05, 0) is 11.6 Å². The SMILES string of the molecule is COc1ncc(C=CCS)cc1C(F)(F)F. The second-order valence-electron chi connectivity index (χ2n) is 2.91. The smallest absolute Gasteiger partial charge is 0.421 e. The molecule has 0 bridgehead atoms. The van der Waals surface area contributed by atoms with Crippen molar-refractivity contribution in [2.75, 3.05) is 12.9 Å². The minimum atomic E-state index is -4.47. The summed E-state index contributed by atoms with van der Waals surface area (Å²) in [6.07, 6.45) is -0.00138. The van der Waals surface area contributed by atoms with Crippen LogP contribution in [0.25, 0.3) is 6.08 Å². The predicted octanol–water partition coefficient (Wildman–Crippen LogP) is 3.05. The van der Waals surface area contributed by atoms with Gasteiger partial charge in [-0.1, -0.05) is 12.2 Å². The number of hydrogen-bond acceptors (Lipinski definition) is 3. The monoisotopic (exact) mass is 249 g/mol. The van der Waals surface area contributed by atoms with E-state index in [1.807, 2.05) is 0 Å². The number of halogens is 3. The Kier molecular flexibility index (Phi) is 4.23. The lowest BCUT2D eigenvalue weighted by atomic mass is 10.2. The summed E-state index contributed by atoms with van der Waals surface area (Å²) < 4.78 is 42.3. The van der Waals surface area contributed by atoms with Gasteiger partial charge in [0.15, 0.2) is 0 Å². The van der Waals surface area contributed by atoms with Gasteiger partial charge in [0, 0.05) is 11.9 Å². The van der Waals surface area contributed by atoms with Crippen molar-refractivity contribution >= 4 is 18.7 Å². The Morgan fingerprint density at radius 2 is 2.19 bits per heavy atom. The maximum atomic E-state index is 12.6. The maximum absolute atomic E-state index is 12.6. The van der Waals surface area contributed by atoms with Gasteiger partial charge in [0.25, 0.3) is 0 Å². The number of pyridine rings is 1. The molecule has 88 valence electrons. The van der Waals surface area contributed by atoms with Crippen molar-refractivity contribution < 1.29 is 17.9 Å². The van der Waals surface area contributed by atoms with Crippen LogP contribution < -0.4 is 4.74 Å². The van der Waals surface area contributed by atoms with Crippen LogP contribution in [0.5, 0.6) is 5.88 Å². The standard InChI is InChI=1S/C10H10F3NOS/c1-15-9-8(10(11,12)13)5-7(6-14-9)3-2-4-16/h2-3,5-6,16H,4H2,1H3. The summed E-state index contributed by atoms with van der Waals surface area (Å²) in [4.78, 5) is 3.60. The fourth-order valence-electron chi connectivity index (χ4n) is 1.11. The lowest BCUT2D eigenvalue weighted by Gasteiger charge is -2.11. The van der Waals surface area contributed by atoms with E-state index in [2.05, 4.69) is 22.3 Å². The van der Waals surface area contributed by atoms with Gasteiger partial charge in [-0.25, -0.2) is 4.98 Å². The molecule has 0 atom stereocenters. The summed E-state index contributed by atoms with van der Waals surface area (Å²) in [7, 11) is 1.15. The highest BCUT2D eigenvalue weighted by atomic mass is 32.1. The molecule has 0 amide bonds. The van der Waals surface area contributed by atoms with Crippen LogP contribution in [-0.2, 0) is 6.18 Å². The molecule has 0 saturated carbocycles. The van der Waals surface area contributed by atoms with Gasteiger partial charge in [-0.3, -0.25) is 0 Å². The van der Waals surface area contributed by atoms with Crippen molar-refractivity contribution in [3.63, 3.8) is 0 Å². The number of aromatic nitrogens is 1. The highest BCUT2D eigenvalue weighted by molar-refractivity contribution is 7.80. The summed E-state index contributed by atoms with van der Waals surface area (Å²) in [6.45, 7) is 0. The summed E-state index contributed by atoms with van der Waals surface area (Å²) in [5, 5.41) is 0. The zero-order chi connectivity index (χ0) is 12.2. The van der Waals surface area contributed by atoms with E-state index in [1.54, 1.807) is 6.08 Å². The molecule has 1 heterocycles. The average molecular weight is 249 g/mol. The molecule has 1 aromatic rings. The van der Waals surface area contributed by atoms with Gasteiger partial charge in [0.2, 0.25) is 5.88 Å². The number of nitrogens with zero attached hydrogens (tertiary/aromatic N) is 1. The summed E-state index contributed by atoms with van der Waals surface area (Å²) in [5.41, 5.74) is -0.515. The van der Waals surface area contributed by atoms with Crippen LogP contribution in [0, 0.1) is 0 Å². The molecule has 2 nitrogen and oxygen atoms in total. The van der Waals surface area contributed by atoms with Crippen molar-refractivity contribution in [3.05, 3.63) is 29.5 Å². The minimum absolute atomic E-state index is 0.363. The van der Waals surface area contributed by atoms with Crippen molar-refractivity contribution in [1.82, 2.24) is 4.98 Å². The molecule has 1 rings (SSSR count). The van der Waals surface area contributed by atoms with E-state index in [0.29, 0.717) is 11.3 Å². The molecule has 0 aliphatic rings. The first-order chi connectivity index (χ1) is 7.49. The maximum Gasteiger partial charge on any atom is 0.421 e. The Hall–Kier alpha value is -1.17. The zero-order valence-corrected chi connectivity index (χ0v) is 9.35. The molecule has 1 aromatic heterocycles. The van der Waals surface area contributed by atoms with E-state index in [4.69, 9.17) is 0 Å². The fourth-order valence-corrected chi connectivity index (χ4v) is 1.22. The summed E-state index contributed by atoms with van der Waals surface area (Å²) in [5.74, 6) is 0.0310. The van der Waals surface area contributed by atoms with Crippen molar-refractivity contribution in [2.45, 2.75) is 6.18 Å². The third kappa shape index (κ3) is 3.16. The molecule has 0 aliphatic heterocycles. The first kappa shape index (κ1) is 12.9. The van der Waals surface area contributed by atoms with Crippen LogP contribution in [0.2, 0.25) is 0 Å². The van der Waals surface area contributed by atoms with Gasteiger partial charge < -0.3 is 4.74 Å². The van der Waals surface area contributed by atoms with Crippen LogP contribution in [0.4, 0.5) is 13.2 Å². The summed E-state index contributed by atoms with van der Waals surface area (Å²) >= 11 is 3.92. The molecule has 16 heavy (non-hydrogen) atoms. The number of hydrogen-bond donors (Lipinski definition) is 1. The quantitative estimate of drug-likeness (QED) is 0.832. The molecule has 0 N–H and O–H groups in total. The molecular formula is C10H10F3NOS. The van der Waals surface area contributed by atoms with Crippen LogP contribution in [0.15, 0.2) is 18.3 Å². The van der Waals surface area contributed by atoms with Gasteiger partial charge in [-0.15, -0.1) is 0 Å². The Bertz CT molecular complexity index is 390. The molecule has 0 unspecified atom stereocenters. The van der Waals surface area contributed by atoms with E-state index in [1.165, 1.54) is 12.3 Å². The van der Waals surface area contributed by atoms with Gasteiger partial charge in [-0.2, -0.15) is 25.8 Å². The molecular weight excluding hydrogens is 239 g/mol. The first-order valence-corrected chi connectivity index (χ1v) is 5.01. The lowest BCUT2D eigenvalue weighted by Crippen LogP contribution is -2.09. The van der Waals surface area contributed by atoms with Crippen molar-refractivity contribution in [3.8, 4) is 5.88 Å². The van der Waals surface area contributed by atoms with E-state index in [9.17, 15) is 13.2 Å². The second-order valence-corrected chi connectivity index (χ2v) is 3.27. The number of rotatable bonds is 3. The molecule has 0 radical (unpaired) electrons. The Morgan fingerprint density at radius 1 is 1.50 bits per heavy atom. The second kappa shape index (κ2) is 5.25. The van der Waals surface area contributed by atoms with Crippen molar-refractivity contribution in [2.24, 2.45) is 0 Å². The van der Waals surface area contributed by atoms with Crippen LogP contribution in [0.1, 0.15) is 11.1 Å². The highest BCUT2D eigenvalue weighted by Crippen LogP contribution is 2.35. The fraction of sp³-hybridized carbons (Fsp3) is 0.300. The molecule has 6 heteroatoms. The zero-order valence-electron chi connectivity index (χ0n) is 8.45. The van der Waals surface area contributed by atoms with Crippen LogP contribution in [0.3, 0.4) is 0 Å². The Morgan fingerprint density at radius 3 is 2.69 bits per heavy atom. The Labute approximate surface area is 96.6 Å². The molecule has 0 aliphatic carbocycles. The number of ether oxygens (including phenoxy) is 1. The lowest BCUT2D eigenvalue weighted by molar-refractivity contribution is -0.139. The van der Waals surface area contributed by atoms with E-state index in [0.717, 1.165) is 13.2 Å². The molecule has 0 fully saturated rings. The number of methoxy groups -OCH3 is 1. The normalized spacial score (nSPS) is 12.1. The van der Waals surface area contributed by atoms with Crippen LogP contribution >= 0.6 is 12.6 Å². The molecule has 0 spiro atoms. The third-order valence-electron chi connectivity index (χ3n) is 1.79. The van der Waals surface area contributed by atoms with E-state index < -0.39 is 17.6 Å². The highest BCUT2D eigenvalue weighted by Gasteiger charge is 2.35. The average Bonchev–Trinajstić information content (AvgIpc) is 2.24. The van der Waals surface area contributed by atoms with E-state index in [-0.39, 0.29) is 0 Å². The van der Waals surface area contributed by atoms with Gasteiger partial charge in [0.1, 0.15) is 5.56 Å². The van der Waals surface area contributed by atoms with Gasteiger partial charge in [0.05, 0.1) is 7.11 Å². The number of alkyl halides is 3. The minimum Gasteiger partial charge on any atom is -0.481 e. The predicted molar refractivity (Wildman–Crippen MR) is 58.7 cm³/mol. The Balaban J connectivity index is 3.16. The topological polar surface area (TPSA) is 22.1 Å². The summed E-state index contributed by atoms with van der Waals surface area (Å²) in [6, 6.07) is 0.992. The van der Waals surface area contributed by atoms with Crippen molar-refractivity contribution in [1.29, 1.82) is 0 Å². The number of thiol groups is 1. The molecule has 0 saturated heterocycles. The largest absolute Gasteiger partial charge is 0.481 e. The first-order valence-electron chi connectivity index (χ1n) is 4.37. The van der Waals surface area contributed by atoms with Crippen LogP contribution in [-0.4, -0.2) is 17.8 Å². The molecule has 0 aromatic carbocycles.